The first-order valence-corrected chi connectivity index (χ1v) is 13.3. The molecule has 1 aromatic carbocycles. The second kappa shape index (κ2) is 11.0. The molecule has 12 heteroatoms. The molecular formula is C29H36N4O8. The van der Waals surface area contributed by atoms with E-state index in [0.717, 1.165) is 0 Å². The Morgan fingerprint density at radius 2 is 1.93 bits per heavy atom. The third-order valence-corrected chi connectivity index (χ3v) is 8.15. The van der Waals surface area contributed by atoms with E-state index in [2.05, 4.69) is 11.9 Å². The van der Waals surface area contributed by atoms with E-state index in [0.29, 0.717) is 17.7 Å². The maximum Gasteiger partial charge on any atom is 0.407 e. The third-order valence-electron chi connectivity index (χ3n) is 8.15. The second-order valence-electron chi connectivity index (χ2n) is 11.0. The molecule has 0 bridgehead atoms. The topological polar surface area (TPSA) is 183 Å². The van der Waals surface area contributed by atoms with Crippen LogP contribution in [0.15, 0.2) is 41.7 Å². The van der Waals surface area contributed by atoms with Crippen molar-refractivity contribution < 1.29 is 39.2 Å². The van der Waals surface area contributed by atoms with Crippen LogP contribution in [-0.2, 0) is 27.3 Å². The van der Waals surface area contributed by atoms with Gasteiger partial charge in [-0.15, -0.1) is 6.58 Å². The molecule has 0 saturated carbocycles. The van der Waals surface area contributed by atoms with E-state index in [9.17, 15) is 34.5 Å². The van der Waals surface area contributed by atoms with Gasteiger partial charge in [0.05, 0.1) is 17.7 Å². The number of hydrogen-bond donors (Lipinski definition) is 5. The molecular weight excluding hydrogens is 532 g/mol. The highest BCUT2D eigenvalue weighted by molar-refractivity contribution is 6.24. The number of nitrogens with zero attached hydrogens (tertiary/aromatic N) is 2. The van der Waals surface area contributed by atoms with Gasteiger partial charge in [-0.3, -0.25) is 14.4 Å². The van der Waals surface area contributed by atoms with Gasteiger partial charge in [0.25, 0.3) is 5.91 Å². The summed E-state index contributed by atoms with van der Waals surface area (Å²) in [7, 11) is 6.97. The van der Waals surface area contributed by atoms with E-state index >= 15 is 0 Å². The van der Waals surface area contributed by atoms with Gasteiger partial charge in [0.2, 0.25) is 5.78 Å². The minimum atomic E-state index is -2.55. The van der Waals surface area contributed by atoms with E-state index in [-0.39, 0.29) is 42.7 Å². The van der Waals surface area contributed by atoms with Crippen LogP contribution < -0.4 is 16.0 Å². The molecule has 3 aliphatic rings. The number of fused-ring (bicyclic) bond motifs is 3. The molecule has 0 heterocycles. The summed E-state index contributed by atoms with van der Waals surface area (Å²) < 4.78 is 5.04. The lowest BCUT2D eigenvalue weighted by molar-refractivity contribution is -0.146. The predicted octanol–water partition coefficient (Wildman–Crippen LogP) is 1.10. The number of phenolic OH excluding ortho intramolecular Hbond substituents is 1. The van der Waals surface area contributed by atoms with Gasteiger partial charge in [-0.05, 0) is 50.9 Å². The molecule has 0 aromatic heterocycles. The van der Waals surface area contributed by atoms with Crippen LogP contribution >= 0.6 is 0 Å². The smallest absolute Gasteiger partial charge is 0.407 e. The Bertz CT molecular complexity index is 1400. The van der Waals surface area contributed by atoms with Crippen molar-refractivity contribution in [1.29, 1.82) is 0 Å². The quantitative estimate of drug-likeness (QED) is 0.173. The number of amides is 2. The molecule has 41 heavy (non-hydrogen) atoms. The number of Topliss-reactive ketones (excluding diaryl/α,β-unsaturated/α-hetero) is 2. The van der Waals surface area contributed by atoms with Gasteiger partial charge in [-0.1, -0.05) is 12.2 Å². The number of aliphatic hydroxyl groups is 2. The number of benzene rings is 1. The largest absolute Gasteiger partial charge is 0.508 e. The number of phenols is 1. The van der Waals surface area contributed by atoms with Crippen LogP contribution in [0, 0.1) is 11.8 Å². The summed E-state index contributed by atoms with van der Waals surface area (Å²) >= 11 is 0. The summed E-state index contributed by atoms with van der Waals surface area (Å²) in [6, 6.07) is 1.04. The Kier molecular flexibility index (Phi) is 8.01. The van der Waals surface area contributed by atoms with Crippen molar-refractivity contribution in [1.82, 2.24) is 10.2 Å². The number of allylic oxidation sites excluding steroid dienone is 1. The molecule has 2 amide bonds. The number of likely N-dealkylation sites (N-methyl/N-ethyl adjacent to an activating group) is 1. The molecule has 1 aromatic rings. The van der Waals surface area contributed by atoms with Gasteiger partial charge >= 0.3 is 6.09 Å². The molecule has 4 rings (SSSR count). The summed E-state index contributed by atoms with van der Waals surface area (Å²) in [6.45, 7) is 3.54. The maximum atomic E-state index is 14.0. The first-order chi connectivity index (χ1) is 19.2. The lowest BCUT2D eigenvalue weighted by atomic mass is 9.59. The molecule has 12 nitrogen and oxygen atoms in total. The summed E-state index contributed by atoms with van der Waals surface area (Å²) in [6.07, 6.45) is 3.13. The summed E-state index contributed by atoms with van der Waals surface area (Å²) in [5.41, 5.74) is 3.53. The Balaban J connectivity index is 1.81. The van der Waals surface area contributed by atoms with Crippen LogP contribution in [0.1, 0.15) is 34.3 Å². The Morgan fingerprint density at radius 1 is 1.24 bits per heavy atom. The zero-order valence-corrected chi connectivity index (χ0v) is 23.6. The Labute approximate surface area is 237 Å². The molecule has 0 fully saturated rings. The van der Waals surface area contributed by atoms with Crippen molar-refractivity contribution in [2.75, 3.05) is 39.7 Å². The van der Waals surface area contributed by atoms with Gasteiger partial charge in [0, 0.05) is 49.4 Å². The number of aliphatic hydroxyl groups excluding tert-OH is 1. The van der Waals surface area contributed by atoms with Gasteiger partial charge in [0.1, 0.15) is 11.5 Å². The highest BCUT2D eigenvalue weighted by atomic mass is 16.5. The summed E-state index contributed by atoms with van der Waals surface area (Å²) in [4.78, 5) is 55.1. The number of anilines is 1. The molecule has 0 radical (unpaired) electrons. The van der Waals surface area contributed by atoms with E-state index in [4.69, 9.17) is 10.5 Å². The van der Waals surface area contributed by atoms with Crippen molar-refractivity contribution in [3.05, 3.63) is 58.4 Å². The summed E-state index contributed by atoms with van der Waals surface area (Å²) in [5.74, 6) is -5.55. The Morgan fingerprint density at radius 3 is 2.51 bits per heavy atom. The molecule has 0 unspecified atom stereocenters. The molecule has 4 atom stereocenters. The normalized spacial score (nSPS) is 25.1. The average Bonchev–Trinajstić information content (AvgIpc) is 2.89. The number of ketones is 2. The first-order valence-electron chi connectivity index (χ1n) is 13.3. The molecule has 0 aliphatic heterocycles. The number of aromatic hydroxyl groups is 1. The highest BCUT2D eigenvalue weighted by Gasteiger charge is 2.61. The van der Waals surface area contributed by atoms with E-state index < -0.39 is 64.1 Å². The number of ether oxygens (including phenoxy) is 1. The lowest BCUT2D eigenvalue weighted by Crippen LogP contribution is -2.62. The standard InChI is InChI=1S/C29H36N4O8/c1-6-7-8-41-28(39)31-13-15-11-19(32(2)3)16-9-14-10-18-20(33(4)5)12-17(27(30)38)25(36)29(18,40)26(37)21(14)24(35)22(16)23(15)34/h6,11-12,14,18,20,34,37,40H,1,7-10,13H2,2-5H3,(H2,30,38)(H,31,39)/t14-,18-,20+,29+/m0/s1. The van der Waals surface area contributed by atoms with E-state index in [1.54, 1.807) is 50.1 Å². The fourth-order valence-corrected chi connectivity index (χ4v) is 6.15. The monoisotopic (exact) mass is 568 g/mol. The van der Waals surface area contributed by atoms with Crippen LogP contribution in [0.5, 0.6) is 5.75 Å². The van der Waals surface area contributed by atoms with Crippen molar-refractivity contribution in [3.8, 4) is 5.75 Å². The number of nitrogens with one attached hydrogen (secondary N) is 1. The number of rotatable bonds is 8. The van der Waals surface area contributed by atoms with Crippen molar-refractivity contribution in [2.24, 2.45) is 17.6 Å². The Hall–Kier alpha value is -4.16. The third kappa shape index (κ3) is 4.87. The van der Waals surface area contributed by atoms with Crippen LogP contribution in [-0.4, -0.2) is 90.2 Å². The van der Waals surface area contributed by atoms with Crippen molar-refractivity contribution in [3.63, 3.8) is 0 Å². The number of carbonyl (C=O) groups excluding carboxylic acids is 4. The van der Waals surface area contributed by atoms with Crippen molar-refractivity contribution in [2.45, 2.75) is 37.5 Å². The molecule has 6 N–H and O–H groups in total. The minimum absolute atomic E-state index is 0.0917. The predicted molar refractivity (Wildman–Crippen MR) is 149 cm³/mol. The van der Waals surface area contributed by atoms with Gasteiger partial charge in [0.15, 0.2) is 11.4 Å². The van der Waals surface area contributed by atoms with E-state index in [1.165, 1.54) is 6.08 Å². The number of alkyl carbamates (subject to hydrolysis) is 1. The number of nitrogens with two attached hydrogens (primary N) is 1. The second-order valence-corrected chi connectivity index (χ2v) is 11.0. The van der Waals surface area contributed by atoms with E-state index in [1.807, 2.05) is 0 Å². The molecule has 3 aliphatic carbocycles. The van der Waals surface area contributed by atoms with Crippen LogP contribution in [0.3, 0.4) is 0 Å². The number of primary amides is 1. The minimum Gasteiger partial charge on any atom is -0.508 e. The average molecular weight is 569 g/mol. The van der Waals surface area contributed by atoms with Crippen LogP contribution in [0.2, 0.25) is 0 Å². The van der Waals surface area contributed by atoms with Gasteiger partial charge in [-0.2, -0.15) is 0 Å². The van der Waals surface area contributed by atoms with Crippen LogP contribution in [0.25, 0.3) is 0 Å². The maximum absolute atomic E-state index is 14.0. The molecule has 0 saturated heterocycles. The van der Waals surface area contributed by atoms with Gasteiger partial charge < -0.3 is 40.9 Å². The molecule has 0 spiro atoms. The fraction of sp³-hybridized carbons (Fsp3) is 0.448. The summed E-state index contributed by atoms with van der Waals surface area (Å²) in [5, 5.41) is 37.0. The highest BCUT2D eigenvalue weighted by Crippen LogP contribution is 2.52. The number of carbonyl (C=O) groups is 4. The van der Waals surface area contributed by atoms with Crippen molar-refractivity contribution >= 4 is 29.3 Å². The lowest BCUT2D eigenvalue weighted by Gasteiger charge is -2.49. The SMILES string of the molecule is C=CCCOC(=O)NCc1cc(N(C)C)c2c(c1O)C(=O)C1=C(O)[C@]3(O)C(=O)C(C(N)=O)=C[C@@H](N(C)C)[C@@H]3C[C@@H]1C2. The van der Waals surface area contributed by atoms with Crippen LogP contribution in [0.4, 0.5) is 10.5 Å². The zero-order chi connectivity index (χ0) is 30.4. The zero-order valence-electron chi connectivity index (χ0n) is 23.6. The first kappa shape index (κ1) is 29.8. The van der Waals surface area contributed by atoms with Gasteiger partial charge in [-0.25, -0.2) is 4.79 Å². The number of hydrogen-bond acceptors (Lipinski definition) is 10. The fourth-order valence-electron chi connectivity index (χ4n) is 6.15. The molecule has 220 valence electrons.